The molecule has 17 heavy (non-hydrogen) atoms. The van der Waals surface area contributed by atoms with Crippen molar-refractivity contribution in [3.8, 4) is 0 Å². The number of nitrogens with one attached hydrogen (secondary N) is 1. The molecule has 0 spiro atoms. The van der Waals surface area contributed by atoms with Gasteiger partial charge in [-0.15, -0.1) is 0 Å². The zero-order valence-corrected chi connectivity index (χ0v) is 10.4. The SMILES string of the molecule is CCn1ccnc1CNCCc1ccn(C)n1. The van der Waals surface area contributed by atoms with Crippen LogP contribution in [0.2, 0.25) is 0 Å². The van der Waals surface area contributed by atoms with Gasteiger partial charge in [0.05, 0.1) is 12.2 Å². The Hall–Kier alpha value is -1.62. The highest BCUT2D eigenvalue weighted by Crippen LogP contribution is 1.97. The smallest absolute Gasteiger partial charge is 0.122 e. The van der Waals surface area contributed by atoms with Gasteiger partial charge in [0.1, 0.15) is 5.82 Å². The second kappa shape index (κ2) is 5.63. The lowest BCUT2D eigenvalue weighted by Gasteiger charge is -2.05. The van der Waals surface area contributed by atoms with Crippen LogP contribution in [0.15, 0.2) is 24.7 Å². The number of nitrogens with zero attached hydrogens (tertiary/aromatic N) is 4. The molecule has 0 aromatic carbocycles. The van der Waals surface area contributed by atoms with Gasteiger partial charge in [-0.05, 0) is 13.0 Å². The van der Waals surface area contributed by atoms with Crippen molar-refractivity contribution in [2.75, 3.05) is 6.54 Å². The van der Waals surface area contributed by atoms with Crippen LogP contribution in [0, 0.1) is 0 Å². The molecule has 5 heteroatoms. The molecule has 0 amide bonds. The van der Waals surface area contributed by atoms with Gasteiger partial charge in [0.2, 0.25) is 0 Å². The molecular weight excluding hydrogens is 214 g/mol. The van der Waals surface area contributed by atoms with Crippen molar-refractivity contribution in [3.05, 3.63) is 36.2 Å². The Morgan fingerprint density at radius 3 is 2.94 bits per heavy atom. The fourth-order valence-electron chi connectivity index (χ4n) is 1.81. The van der Waals surface area contributed by atoms with E-state index in [1.807, 2.05) is 30.3 Å². The predicted molar refractivity (Wildman–Crippen MR) is 66.5 cm³/mol. The van der Waals surface area contributed by atoms with E-state index >= 15 is 0 Å². The van der Waals surface area contributed by atoms with Gasteiger partial charge in [0, 0.05) is 45.1 Å². The third-order valence-corrected chi connectivity index (χ3v) is 2.75. The van der Waals surface area contributed by atoms with Crippen molar-refractivity contribution in [2.45, 2.75) is 26.4 Å². The average molecular weight is 233 g/mol. The third kappa shape index (κ3) is 3.17. The molecule has 0 aliphatic carbocycles. The van der Waals surface area contributed by atoms with E-state index in [0.29, 0.717) is 0 Å². The highest BCUT2D eigenvalue weighted by molar-refractivity contribution is 4.99. The Kier molecular flexibility index (Phi) is 3.93. The number of hydrogen-bond donors (Lipinski definition) is 1. The average Bonchev–Trinajstić information content (AvgIpc) is 2.93. The first-order valence-electron chi connectivity index (χ1n) is 5.99. The minimum Gasteiger partial charge on any atom is -0.334 e. The van der Waals surface area contributed by atoms with Crippen LogP contribution in [0.1, 0.15) is 18.4 Å². The van der Waals surface area contributed by atoms with Gasteiger partial charge in [0.15, 0.2) is 0 Å². The fraction of sp³-hybridized carbons (Fsp3) is 0.500. The first-order valence-corrected chi connectivity index (χ1v) is 5.99. The molecule has 2 heterocycles. The van der Waals surface area contributed by atoms with E-state index in [0.717, 1.165) is 37.6 Å². The third-order valence-electron chi connectivity index (χ3n) is 2.75. The van der Waals surface area contributed by atoms with E-state index in [-0.39, 0.29) is 0 Å². The normalized spacial score (nSPS) is 10.9. The summed E-state index contributed by atoms with van der Waals surface area (Å²) in [6, 6.07) is 2.05. The topological polar surface area (TPSA) is 47.7 Å². The molecule has 2 aromatic rings. The van der Waals surface area contributed by atoms with Gasteiger partial charge in [-0.2, -0.15) is 5.10 Å². The van der Waals surface area contributed by atoms with Gasteiger partial charge in [-0.25, -0.2) is 4.98 Å². The molecule has 1 N–H and O–H groups in total. The second-order valence-electron chi connectivity index (χ2n) is 4.04. The van der Waals surface area contributed by atoms with Crippen LogP contribution >= 0.6 is 0 Å². The Morgan fingerprint density at radius 1 is 1.35 bits per heavy atom. The summed E-state index contributed by atoms with van der Waals surface area (Å²) < 4.78 is 3.98. The minimum absolute atomic E-state index is 0.813. The van der Waals surface area contributed by atoms with Gasteiger partial charge in [-0.3, -0.25) is 4.68 Å². The van der Waals surface area contributed by atoms with Crippen LogP contribution in [0.3, 0.4) is 0 Å². The zero-order valence-electron chi connectivity index (χ0n) is 10.4. The summed E-state index contributed by atoms with van der Waals surface area (Å²) in [7, 11) is 1.94. The zero-order chi connectivity index (χ0) is 12.1. The lowest BCUT2D eigenvalue weighted by Crippen LogP contribution is -2.19. The Balaban J connectivity index is 1.73. The molecule has 0 unspecified atom stereocenters. The standard InChI is InChI=1S/C12H19N5/c1-3-17-9-7-14-12(17)10-13-6-4-11-5-8-16(2)15-11/h5,7-9,13H,3-4,6,10H2,1-2H3. The van der Waals surface area contributed by atoms with Crippen LogP contribution < -0.4 is 5.32 Å². The molecule has 0 aliphatic rings. The monoisotopic (exact) mass is 233 g/mol. The molecule has 92 valence electrons. The maximum atomic E-state index is 4.33. The fourth-order valence-corrected chi connectivity index (χ4v) is 1.81. The molecule has 0 fully saturated rings. The molecule has 0 saturated heterocycles. The quantitative estimate of drug-likeness (QED) is 0.756. The van der Waals surface area contributed by atoms with Crippen LogP contribution in [-0.4, -0.2) is 25.9 Å². The van der Waals surface area contributed by atoms with Gasteiger partial charge in [-0.1, -0.05) is 0 Å². The van der Waals surface area contributed by atoms with Crippen molar-refractivity contribution in [2.24, 2.45) is 7.05 Å². The van der Waals surface area contributed by atoms with Crippen LogP contribution in [0.25, 0.3) is 0 Å². The van der Waals surface area contributed by atoms with Gasteiger partial charge >= 0.3 is 0 Å². The van der Waals surface area contributed by atoms with Crippen LogP contribution in [-0.2, 0) is 26.6 Å². The van der Waals surface area contributed by atoms with Crippen molar-refractivity contribution >= 4 is 0 Å². The van der Waals surface area contributed by atoms with Gasteiger partial charge in [0.25, 0.3) is 0 Å². The summed E-state index contributed by atoms with van der Waals surface area (Å²) >= 11 is 0. The molecule has 2 aromatic heterocycles. The highest BCUT2D eigenvalue weighted by atomic mass is 15.2. The molecular formula is C12H19N5. The molecule has 0 bridgehead atoms. The van der Waals surface area contributed by atoms with Crippen LogP contribution in [0.5, 0.6) is 0 Å². The molecule has 0 saturated carbocycles. The molecule has 0 radical (unpaired) electrons. The number of hydrogen-bond acceptors (Lipinski definition) is 3. The maximum Gasteiger partial charge on any atom is 0.122 e. The van der Waals surface area contributed by atoms with Gasteiger partial charge < -0.3 is 9.88 Å². The summed E-state index contributed by atoms with van der Waals surface area (Å²) in [4.78, 5) is 4.32. The summed E-state index contributed by atoms with van der Waals surface area (Å²) in [5.74, 6) is 1.09. The lowest BCUT2D eigenvalue weighted by atomic mass is 10.3. The van der Waals surface area contributed by atoms with E-state index in [2.05, 4.69) is 33.0 Å². The summed E-state index contributed by atoms with van der Waals surface area (Å²) in [5, 5.41) is 7.72. The van der Waals surface area contributed by atoms with E-state index < -0.39 is 0 Å². The van der Waals surface area contributed by atoms with Crippen LogP contribution in [0.4, 0.5) is 0 Å². The highest BCUT2D eigenvalue weighted by Gasteiger charge is 2.00. The molecule has 2 rings (SSSR count). The maximum absolute atomic E-state index is 4.33. The van der Waals surface area contributed by atoms with Crippen molar-refractivity contribution in [1.82, 2.24) is 24.6 Å². The van der Waals surface area contributed by atoms with E-state index in [9.17, 15) is 0 Å². The second-order valence-corrected chi connectivity index (χ2v) is 4.04. The Morgan fingerprint density at radius 2 is 2.24 bits per heavy atom. The number of aromatic nitrogens is 4. The summed E-state index contributed by atoms with van der Waals surface area (Å²) in [6.07, 6.45) is 6.78. The summed E-state index contributed by atoms with van der Waals surface area (Å²) in [6.45, 7) is 4.83. The summed E-state index contributed by atoms with van der Waals surface area (Å²) in [5.41, 5.74) is 1.12. The lowest BCUT2D eigenvalue weighted by molar-refractivity contribution is 0.607. The van der Waals surface area contributed by atoms with Crippen molar-refractivity contribution < 1.29 is 0 Å². The Bertz CT molecular complexity index is 457. The first kappa shape index (κ1) is 11.9. The largest absolute Gasteiger partial charge is 0.334 e. The predicted octanol–water partition coefficient (Wildman–Crippen LogP) is 0.969. The Labute approximate surface area is 101 Å². The van der Waals surface area contributed by atoms with E-state index in [1.165, 1.54) is 0 Å². The number of aryl methyl sites for hydroxylation is 2. The van der Waals surface area contributed by atoms with Crippen molar-refractivity contribution in [3.63, 3.8) is 0 Å². The molecule has 0 atom stereocenters. The number of rotatable bonds is 6. The minimum atomic E-state index is 0.813. The molecule has 0 aliphatic heterocycles. The van der Waals surface area contributed by atoms with Crippen molar-refractivity contribution in [1.29, 1.82) is 0 Å². The molecule has 5 nitrogen and oxygen atoms in total. The first-order chi connectivity index (χ1) is 8.29. The van der Waals surface area contributed by atoms with E-state index in [1.54, 1.807) is 0 Å². The number of imidazole rings is 1. The van der Waals surface area contributed by atoms with E-state index in [4.69, 9.17) is 0 Å².